The Morgan fingerprint density at radius 1 is 1.26 bits per heavy atom. The highest BCUT2D eigenvalue weighted by molar-refractivity contribution is 9.10. The normalized spacial score (nSPS) is 12.5. The lowest BCUT2D eigenvalue weighted by molar-refractivity contribution is 0.577. The van der Waals surface area contributed by atoms with Crippen molar-refractivity contribution < 1.29 is 0 Å². The highest BCUT2D eigenvalue weighted by Crippen LogP contribution is 2.31. The third-order valence-corrected chi connectivity index (χ3v) is 5.68. The third-order valence-electron chi connectivity index (χ3n) is 2.82. The van der Waals surface area contributed by atoms with Gasteiger partial charge in [0, 0.05) is 26.5 Å². The zero-order chi connectivity index (χ0) is 13.5. The SMILES string of the molecule is CCCNC(CSc1ccccc1)c1cscc1Br. The number of thioether (sulfide) groups is 1. The molecule has 2 rings (SSSR count). The van der Waals surface area contributed by atoms with Gasteiger partial charge in [0.25, 0.3) is 0 Å². The summed E-state index contributed by atoms with van der Waals surface area (Å²) in [5, 5.41) is 8.03. The lowest BCUT2D eigenvalue weighted by atomic mass is 10.2. The molecule has 19 heavy (non-hydrogen) atoms. The van der Waals surface area contributed by atoms with Crippen LogP contribution < -0.4 is 5.32 Å². The van der Waals surface area contributed by atoms with Crippen molar-refractivity contribution in [3.05, 3.63) is 51.1 Å². The minimum absolute atomic E-state index is 0.408. The summed E-state index contributed by atoms with van der Waals surface area (Å²) in [5.41, 5.74) is 1.38. The van der Waals surface area contributed by atoms with Crippen LogP contribution in [0.15, 0.2) is 50.5 Å². The second-order valence-corrected chi connectivity index (χ2v) is 7.00. The number of rotatable bonds is 7. The molecule has 0 fully saturated rings. The fraction of sp³-hybridized carbons (Fsp3) is 0.333. The third kappa shape index (κ3) is 4.63. The standard InChI is InChI=1S/C15H18BrNS2/c1-2-8-17-15(13-9-18-10-14(13)16)11-19-12-6-4-3-5-7-12/h3-7,9-10,15,17H,2,8,11H2,1H3. The molecular weight excluding hydrogens is 338 g/mol. The summed E-state index contributed by atoms with van der Waals surface area (Å²) < 4.78 is 1.22. The van der Waals surface area contributed by atoms with Gasteiger partial charge in [-0.25, -0.2) is 0 Å². The molecule has 0 spiro atoms. The van der Waals surface area contributed by atoms with E-state index >= 15 is 0 Å². The lowest BCUT2D eigenvalue weighted by Crippen LogP contribution is -2.24. The van der Waals surface area contributed by atoms with E-state index in [0.29, 0.717) is 6.04 Å². The van der Waals surface area contributed by atoms with E-state index in [1.165, 1.54) is 14.9 Å². The molecule has 1 atom stereocenters. The van der Waals surface area contributed by atoms with Gasteiger partial charge in [-0.15, -0.1) is 11.8 Å². The quantitative estimate of drug-likeness (QED) is 0.672. The average molecular weight is 356 g/mol. The monoisotopic (exact) mass is 355 g/mol. The van der Waals surface area contributed by atoms with E-state index < -0.39 is 0 Å². The fourth-order valence-electron chi connectivity index (χ4n) is 1.81. The van der Waals surface area contributed by atoms with E-state index in [4.69, 9.17) is 0 Å². The topological polar surface area (TPSA) is 12.0 Å². The number of thiophene rings is 1. The molecule has 0 bridgehead atoms. The van der Waals surface area contributed by atoms with Gasteiger partial charge >= 0.3 is 0 Å². The van der Waals surface area contributed by atoms with Crippen LogP contribution in [0, 0.1) is 0 Å². The Hall–Kier alpha value is -0.290. The second kappa shape index (κ2) is 8.10. The maximum Gasteiger partial charge on any atom is 0.0434 e. The van der Waals surface area contributed by atoms with Crippen molar-refractivity contribution in [1.82, 2.24) is 5.32 Å². The lowest BCUT2D eigenvalue weighted by Gasteiger charge is -2.18. The number of hydrogen-bond acceptors (Lipinski definition) is 3. The van der Waals surface area contributed by atoms with Gasteiger partial charge in [0.15, 0.2) is 0 Å². The maximum absolute atomic E-state index is 3.65. The minimum atomic E-state index is 0.408. The van der Waals surface area contributed by atoms with Gasteiger partial charge < -0.3 is 5.32 Å². The van der Waals surface area contributed by atoms with Crippen LogP contribution in [0.2, 0.25) is 0 Å². The minimum Gasteiger partial charge on any atom is -0.309 e. The Bertz CT molecular complexity index is 484. The van der Waals surface area contributed by atoms with Crippen LogP contribution in [-0.2, 0) is 0 Å². The van der Waals surface area contributed by atoms with Crippen molar-refractivity contribution >= 4 is 39.0 Å². The molecule has 0 aliphatic carbocycles. The summed E-state index contributed by atoms with van der Waals surface area (Å²) in [6.45, 7) is 3.26. The summed E-state index contributed by atoms with van der Waals surface area (Å²) in [5.74, 6) is 1.05. The molecule has 0 aliphatic rings. The summed E-state index contributed by atoms with van der Waals surface area (Å²) in [6.07, 6.45) is 1.16. The van der Waals surface area contributed by atoms with E-state index in [1.54, 1.807) is 11.3 Å². The molecule has 1 heterocycles. The molecule has 4 heteroatoms. The molecule has 1 aromatic carbocycles. The molecule has 1 unspecified atom stereocenters. The molecular formula is C15H18BrNS2. The first-order valence-corrected chi connectivity index (χ1v) is 9.16. The van der Waals surface area contributed by atoms with Gasteiger partial charge in [-0.1, -0.05) is 25.1 Å². The summed E-state index contributed by atoms with van der Waals surface area (Å²) in [6, 6.07) is 11.0. The van der Waals surface area contributed by atoms with Crippen molar-refractivity contribution in [2.75, 3.05) is 12.3 Å². The maximum atomic E-state index is 3.65. The summed E-state index contributed by atoms with van der Waals surface area (Å²) in [4.78, 5) is 1.33. The van der Waals surface area contributed by atoms with Crippen molar-refractivity contribution in [3.8, 4) is 0 Å². The van der Waals surface area contributed by atoms with Crippen LogP contribution in [-0.4, -0.2) is 12.3 Å². The Morgan fingerprint density at radius 2 is 2.05 bits per heavy atom. The van der Waals surface area contributed by atoms with Crippen molar-refractivity contribution in [2.45, 2.75) is 24.3 Å². The van der Waals surface area contributed by atoms with Crippen LogP contribution in [0.5, 0.6) is 0 Å². The van der Waals surface area contributed by atoms with E-state index in [2.05, 4.69) is 69.3 Å². The van der Waals surface area contributed by atoms with Crippen LogP contribution in [0.4, 0.5) is 0 Å². The molecule has 2 aromatic rings. The number of benzene rings is 1. The van der Waals surface area contributed by atoms with E-state index in [9.17, 15) is 0 Å². The molecule has 0 aliphatic heterocycles. The van der Waals surface area contributed by atoms with Gasteiger partial charge in [0.05, 0.1) is 0 Å². The van der Waals surface area contributed by atoms with Crippen LogP contribution in [0.3, 0.4) is 0 Å². The Morgan fingerprint density at radius 3 is 2.68 bits per heavy atom. The Balaban J connectivity index is 2.00. The number of hydrogen-bond donors (Lipinski definition) is 1. The number of halogens is 1. The molecule has 0 radical (unpaired) electrons. The first kappa shape index (κ1) is 15.1. The average Bonchev–Trinajstić information content (AvgIpc) is 2.86. The molecule has 1 nitrogen and oxygen atoms in total. The van der Waals surface area contributed by atoms with E-state index in [0.717, 1.165) is 18.7 Å². The van der Waals surface area contributed by atoms with Crippen molar-refractivity contribution in [2.24, 2.45) is 0 Å². The predicted octanol–water partition coefficient (Wildman–Crippen LogP) is 5.34. The Kier molecular flexibility index (Phi) is 6.44. The van der Waals surface area contributed by atoms with Gasteiger partial charge in [-0.05, 0) is 52.0 Å². The van der Waals surface area contributed by atoms with Crippen LogP contribution in [0.1, 0.15) is 24.9 Å². The first-order valence-electron chi connectivity index (χ1n) is 6.44. The predicted molar refractivity (Wildman–Crippen MR) is 90.2 cm³/mol. The van der Waals surface area contributed by atoms with Crippen LogP contribution in [0.25, 0.3) is 0 Å². The molecule has 102 valence electrons. The highest BCUT2D eigenvalue weighted by atomic mass is 79.9. The molecule has 1 N–H and O–H groups in total. The van der Waals surface area contributed by atoms with Crippen molar-refractivity contribution in [3.63, 3.8) is 0 Å². The van der Waals surface area contributed by atoms with Gasteiger partial charge in [0.2, 0.25) is 0 Å². The highest BCUT2D eigenvalue weighted by Gasteiger charge is 2.14. The number of nitrogens with one attached hydrogen (secondary N) is 1. The molecule has 0 saturated heterocycles. The molecule has 0 saturated carbocycles. The van der Waals surface area contributed by atoms with Gasteiger partial charge in [-0.2, -0.15) is 11.3 Å². The fourth-order valence-corrected chi connectivity index (χ4v) is 4.45. The zero-order valence-corrected chi connectivity index (χ0v) is 14.2. The summed E-state index contributed by atoms with van der Waals surface area (Å²) in [7, 11) is 0. The summed E-state index contributed by atoms with van der Waals surface area (Å²) >= 11 is 7.31. The van der Waals surface area contributed by atoms with Gasteiger partial charge in [0.1, 0.15) is 0 Å². The van der Waals surface area contributed by atoms with Crippen LogP contribution >= 0.6 is 39.0 Å². The van der Waals surface area contributed by atoms with Crippen molar-refractivity contribution in [1.29, 1.82) is 0 Å². The molecule has 0 amide bonds. The second-order valence-electron chi connectivity index (χ2n) is 4.31. The first-order chi connectivity index (χ1) is 9.31. The van der Waals surface area contributed by atoms with Gasteiger partial charge in [-0.3, -0.25) is 0 Å². The zero-order valence-electron chi connectivity index (χ0n) is 10.9. The largest absolute Gasteiger partial charge is 0.309 e. The van der Waals surface area contributed by atoms with E-state index in [-0.39, 0.29) is 0 Å². The Labute approximate surface area is 131 Å². The smallest absolute Gasteiger partial charge is 0.0434 e. The molecule has 1 aromatic heterocycles. The van der Waals surface area contributed by atoms with E-state index in [1.807, 2.05) is 11.8 Å².